The lowest BCUT2D eigenvalue weighted by atomic mass is 10.3. The smallest absolute Gasteiger partial charge is 0.356 e. The van der Waals surface area contributed by atoms with Crippen molar-refractivity contribution >= 4 is 33.5 Å². The number of carboxylic acids is 1. The van der Waals surface area contributed by atoms with Crippen molar-refractivity contribution in [3.63, 3.8) is 0 Å². The number of carboxylic acid groups (broad SMARTS) is 1. The Morgan fingerprint density at radius 2 is 2.24 bits per heavy atom. The van der Waals surface area contributed by atoms with E-state index in [1.54, 1.807) is 0 Å². The summed E-state index contributed by atoms with van der Waals surface area (Å²) in [6.07, 6.45) is 1.08. The summed E-state index contributed by atoms with van der Waals surface area (Å²) in [7, 11) is 0. The third kappa shape index (κ3) is 2.16. The molecule has 0 saturated carbocycles. The van der Waals surface area contributed by atoms with Crippen LogP contribution < -0.4 is 0 Å². The van der Waals surface area contributed by atoms with Crippen molar-refractivity contribution < 1.29 is 14.3 Å². The van der Waals surface area contributed by atoms with E-state index in [0.717, 1.165) is 23.0 Å². The van der Waals surface area contributed by atoms with Gasteiger partial charge in [0, 0.05) is 4.47 Å². The molecule has 2 aromatic rings. The number of aromatic carboxylic acids is 1. The van der Waals surface area contributed by atoms with Crippen LogP contribution >= 0.6 is 27.5 Å². The van der Waals surface area contributed by atoms with Crippen molar-refractivity contribution in [3.8, 4) is 5.69 Å². The first kappa shape index (κ1) is 12.0. The maximum Gasteiger partial charge on any atom is 0.356 e. The van der Waals surface area contributed by atoms with Gasteiger partial charge in [0.1, 0.15) is 11.5 Å². The van der Waals surface area contributed by atoms with E-state index in [1.807, 2.05) is 0 Å². The lowest BCUT2D eigenvalue weighted by molar-refractivity contribution is 0.0687. The Morgan fingerprint density at radius 3 is 2.82 bits per heavy atom. The molecular formula is C9H4BrClFN3O2. The van der Waals surface area contributed by atoms with Gasteiger partial charge in [-0.15, -0.1) is 5.10 Å². The van der Waals surface area contributed by atoms with Gasteiger partial charge in [-0.1, -0.05) is 16.8 Å². The maximum absolute atomic E-state index is 13.0. The predicted octanol–water partition coefficient (Wildman–Crippen LogP) is 2.52. The topological polar surface area (TPSA) is 68.0 Å². The molecule has 0 bridgehead atoms. The molecule has 0 fully saturated rings. The van der Waals surface area contributed by atoms with E-state index in [4.69, 9.17) is 16.7 Å². The summed E-state index contributed by atoms with van der Waals surface area (Å²) < 4.78 is 14.3. The first-order chi connectivity index (χ1) is 8.00. The van der Waals surface area contributed by atoms with E-state index in [1.165, 1.54) is 0 Å². The van der Waals surface area contributed by atoms with Gasteiger partial charge in [0.25, 0.3) is 0 Å². The molecule has 0 radical (unpaired) electrons. The van der Waals surface area contributed by atoms with Gasteiger partial charge in [-0.25, -0.2) is 13.9 Å². The highest BCUT2D eigenvalue weighted by Gasteiger charge is 2.18. The van der Waals surface area contributed by atoms with Gasteiger partial charge in [0.15, 0.2) is 5.69 Å². The third-order valence-electron chi connectivity index (χ3n) is 1.96. The van der Waals surface area contributed by atoms with E-state index < -0.39 is 11.8 Å². The molecule has 0 saturated heterocycles. The fourth-order valence-corrected chi connectivity index (χ4v) is 2.28. The zero-order chi connectivity index (χ0) is 12.6. The minimum atomic E-state index is -1.21. The number of aromatic nitrogens is 3. The Labute approximate surface area is 108 Å². The number of hydrogen-bond donors (Lipinski definition) is 1. The van der Waals surface area contributed by atoms with E-state index in [-0.39, 0.29) is 20.9 Å². The van der Waals surface area contributed by atoms with Gasteiger partial charge >= 0.3 is 5.97 Å². The molecule has 1 N–H and O–H groups in total. The zero-order valence-electron chi connectivity index (χ0n) is 8.06. The van der Waals surface area contributed by atoms with Crippen LogP contribution in [0, 0.1) is 5.82 Å². The number of rotatable bonds is 2. The van der Waals surface area contributed by atoms with Crippen LogP contribution in [0.1, 0.15) is 10.5 Å². The minimum absolute atomic E-state index is 0.0323. The molecular weight excluding hydrogens is 316 g/mol. The van der Waals surface area contributed by atoms with Crippen LogP contribution in [0.5, 0.6) is 0 Å². The highest BCUT2D eigenvalue weighted by atomic mass is 79.9. The van der Waals surface area contributed by atoms with E-state index in [9.17, 15) is 9.18 Å². The molecule has 5 nitrogen and oxygen atoms in total. The number of nitrogens with zero attached hydrogens (tertiary/aromatic N) is 3. The summed E-state index contributed by atoms with van der Waals surface area (Å²) in [4.78, 5) is 10.9. The van der Waals surface area contributed by atoms with Crippen LogP contribution in [-0.2, 0) is 0 Å². The fourth-order valence-electron chi connectivity index (χ4n) is 1.28. The molecule has 17 heavy (non-hydrogen) atoms. The van der Waals surface area contributed by atoms with Crippen LogP contribution in [0.25, 0.3) is 5.69 Å². The first-order valence-corrected chi connectivity index (χ1v) is 5.46. The molecule has 0 unspecified atom stereocenters. The average Bonchev–Trinajstić information content (AvgIpc) is 2.64. The van der Waals surface area contributed by atoms with Gasteiger partial charge in [0.2, 0.25) is 0 Å². The molecule has 0 aliphatic carbocycles. The average molecular weight is 321 g/mol. The van der Waals surface area contributed by atoms with Gasteiger partial charge in [-0.3, -0.25) is 0 Å². The summed E-state index contributed by atoms with van der Waals surface area (Å²) in [5.74, 6) is -1.75. The molecule has 0 atom stereocenters. The summed E-state index contributed by atoms with van der Waals surface area (Å²) in [5, 5.41) is 16.0. The van der Waals surface area contributed by atoms with Crippen LogP contribution in [-0.4, -0.2) is 26.1 Å². The summed E-state index contributed by atoms with van der Waals surface area (Å²) in [5.41, 5.74) is 0.0576. The van der Waals surface area contributed by atoms with Gasteiger partial charge in [-0.2, -0.15) is 0 Å². The molecule has 2 rings (SSSR count). The third-order valence-corrected chi connectivity index (χ3v) is 2.85. The molecule has 1 heterocycles. The van der Waals surface area contributed by atoms with E-state index in [0.29, 0.717) is 0 Å². The Kier molecular flexibility index (Phi) is 3.12. The van der Waals surface area contributed by atoms with Crippen molar-refractivity contribution in [2.24, 2.45) is 0 Å². The molecule has 0 aliphatic rings. The predicted molar refractivity (Wildman–Crippen MR) is 61.0 cm³/mol. The molecule has 1 aromatic heterocycles. The fraction of sp³-hybridized carbons (Fsp3) is 0. The van der Waals surface area contributed by atoms with Crippen molar-refractivity contribution in [1.82, 2.24) is 15.0 Å². The second kappa shape index (κ2) is 4.42. The summed E-state index contributed by atoms with van der Waals surface area (Å²) in [6.45, 7) is 0. The standard InChI is InChI=1S/C9H4BrClFN3O2/c10-5-1-4(12)2-6(11)8(5)15-7(9(16)17)3-13-14-15/h1-3H,(H,16,17). The van der Waals surface area contributed by atoms with Crippen LogP contribution in [0.4, 0.5) is 4.39 Å². The Morgan fingerprint density at radius 1 is 1.53 bits per heavy atom. The van der Waals surface area contributed by atoms with Gasteiger partial charge in [-0.05, 0) is 28.1 Å². The molecule has 0 spiro atoms. The number of benzene rings is 1. The monoisotopic (exact) mass is 319 g/mol. The largest absolute Gasteiger partial charge is 0.476 e. The SMILES string of the molecule is O=C(O)c1cnnn1-c1c(Cl)cc(F)cc1Br. The quantitative estimate of drug-likeness (QED) is 0.923. The Balaban J connectivity index is 2.69. The molecule has 0 aliphatic heterocycles. The highest BCUT2D eigenvalue weighted by molar-refractivity contribution is 9.10. The maximum atomic E-state index is 13.0. The van der Waals surface area contributed by atoms with Crippen LogP contribution in [0.3, 0.4) is 0 Å². The van der Waals surface area contributed by atoms with Gasteiger partial charge < -0.3 is 5.11 Å². The van der Waals surface area contributed by atoms with E-state index >= 15 is 0 Å². The zero-order valence-corrected chi connectivity index (χ0v) is 10.4. The second-order valence-electron chi connectivity index (χ2n) is 3.05. The number of hydrogen-bond acceptors (Lipinski definition) is 3. The number of halogens is 3. The molecule has 0 amide bonds. The van der Waals surface area contributed by atoms with Crippen LogP contribution in [0.2, 0.25) is 5.02 Å². The number of carbonyl (C=O) groups is 1. The minimum Gasteiger partial charge on any atom is -0.476 e. The van der Waals surface area contributed by atoms with Crippen molar-refractivity contribution in [2.75, 3.05) is 0 Å². The normalized spacial score (nSPS) is 10.5. The van der Waals surface area contributed by atoms with Crippen molar-refractivity contribution in [3.05, 3.63) is 39.3 Å². The lowest BCUT2D eigenvalue weighted by Crippen LogP contribution is -2.09. The molecule has 1 aromatic carbocycles. The van der Waals surface area contributed by atoms with Crippen molar-refractivity contribution in [1.29, 1.82) is 0 Å². The Bertz CT molecular complexity index is 579. The van der Waals surface area contributed by atoms with Crippen LogP contribution in [0.15, 0.2) is 22.8 Å². The van der Waals surface area contributed by atoms with Gasteiger partial charge in [0.05, 0.1) is 11.2 Å². The summed E-state index contributed by atoms with van der Waals surface area (Å²) in [6, 6.07) is 2.23. The first-order valence-electron chi connectivity index (χ1n) is 4.29. The molecule has 88 valence electrons. The van der Waals surface area contributed by atoms with E-state index in [2.05, 4.69) is 26.2 Å². The highest BCUT2D eigenvalue weighted by Crippen LogP contribution is 2.30. The summed E-state index contributed by atoms with van der Waals surface area (Å²) >= 11 is 8.95. The molecule has 8 heteroatoms. The lowest BCUT2D eigenvalue weighted by Gasteiger charge is -2.08. The second-order valence-corrected chi connectivity index (χ2v) is 4.32. The Hall–Kier alpha value is -1.47. The van der Waals surface area contributed by atoms with Crippen molar-refractivity contribution in [2.45, 2.75) is 0 Å².